The van der Waals surface area contributed by atoms with Crippen LogP contribution in [0.3, 0.4) is 0 Å². The van der Waals surface area contributed by atoms with E-state index in [1.807, 2.05) is 25.6 Å². The fraction of sp³-hybridized carbons (Fsp3) is 0.588. The fourth-order valence-electron chi connectivity index (χ4n) is 2.67. The SMILES string of the molecule is CN=C(NCc1nc(C)c(C)o1)NC(C)Cc1c(C)nn(C)c1C. The van der Waals surface area contributed by atoms with Crippen molar-refractivity contribution in [3.05, 3.63) is 34.3 Å². The summed E-state index contributed by atoms with van der Waals surface area (Å²) in [6.07, 6.45) is 0.892. The maximum atomic E-state index is 5.58. The smallest absolute Gasteiger partial charge is 0.214 e. The molecule has 0 amide bonds. The van der Waals surface area contributed by atoms with Crippen molar-refractivity contribution in [1.82, 2.24) is 25.4 Å². The highest BCUT2D eigenvalue weighted by Crippen LogP contribution is 2.14. The van der Waals surface area contributed by atoms with Crippen LogP contribution in [0.1, 0.15) is 41.2 Å². The minimum absolute atomic E-state index is 0.228. The van der Waals surface area contributed by atoms with Gasteiger partial charge in [-0.25, -0.2) is 4.98 Å². The zero-order valence-electron chi connectivity index (χ0n) is 15.7. The first-order chi connectivity index (χ1) is 11.3. The lowest BCUT2D eigenvalue weighted by atomic mass is 10.1. The van der Waals surface area contributed by atoms with Crippen molar-refractivity contribution in [2.75, 3.05) is 7.05 Å². The van der Waals surface area contributed by atoms with Gasteiger partial charge in [0, 0.05) is 25.8 Å². The molecule has 2 N–H and O–H groups in total. The summed E-state index contributed by atoms with van der Waals surface area (Å²) in [5.74, 6) is 2.25. The molecule has 2 rings (SSSR count). The van der Waals surface area contributed by atoms with Crippen LogP contribution in [0, 0.1) is 27.7 Å². The zero-order valence-corrected chi connectivity index (χ0v) is 15.7. The molecule has 1 atom stereocenters. The third-order valence-corrected chi connectivity index (χ3v) is 4.26. The second-order valence-electron chi connectivity index (χ2n) is 6.20. The molecule has 132 valence electrons. The van der Waals surface area contributed by atoms with Crippen molar-refractivity contribution in [2.24, 2.45) is 12.0 Å². The Morgan fingerprint density at radius 3 is 2.46 bits per heavy atom. The van der Waals surface area contributed by atoms with E-state index in [4.69, 9.17) is 4.42 Å². The molecular formula is C17H28N6O. The van der Waals surface area contributed by atoms with Crippen LogP contribution in [-0.2, 0) is 20.0 Å². The molecule has 1 unspecified atom stereocenters. The first-order valence-corrected chi connectivity index (χ1v) is 8.21. The quantitative estimate of drug-likeness (QED) is 0.646. The maximum Gasteiger partial charge on any atom is 0.214 e. The summed E-state index contributed by atoms with van der Waals surface area (Å²) in [5.41, 5.74) is 4.49. The number of nitrogens with zero attached hydrogens (tertiary/aromatic N) is 4. The van der Waals surface area contributed by atoms with Crippen molar-refractivity contribution >= 4 is 5.96 Å². The number of rotatable bonds is 5. The number of aromatic nitrogens is 3. The molecule has 7 nitrogen and oxygen atoms in total. The lowest BCUT2D eigenvalue weighted by molar-refractivity contribution is 0.463. The summed E-state index contributed by atoms with van der Waals surface area (Å²) in [6.45, 7) is 10.7. The average molecular weight is 332 g/mol. The normalized spacial score (nSPS) is 13.2. The lowest BCUT2D eigenvalue weighted by Crippen LogP contribution is -2.42. The molecule has 2 aromatic heterocycles. The van der Waals surface area contributed by atoms with Crippen molar-refractivity contribution in [3.63, 3.8) is 0 Å². The van der Waals surface area contributed by atoms with Crippen LogP contribution in [0.25, 0.3) is 0 Å². The Labute approximate surface area is 143 Å². The van der Waals surface area contributed by atoms with E-state index < -0.39 is 0 Å². The van der Waals surface area contributed by atoms with E-state index in [1.165, 1.54) is 11.3 Å². The highest BCUT2D eigenvalue weighted by molar-refractivity contribution is 5.79. The molecule has 0 fully saturated rings. The highest BCUT2D eigenvalue weighted by atomic mass is 16.4. The minimum Gasteiger partial charge on any atom is -0.444 e. The van der Waals surface area contributed by atoms with Gasteiger partial charge in [-0.15, -0.1) is 0 Å². The number of hydrogen-bond acceptors (Lipinski definition) is 4. The predicted molar refractivity (Wildman–Crippen MR) is 95.2 cm³/mol. The molecular weight excluding hydrogens is 304 g/mol. The van der Waals surface area contributed by atoms with Crippen LogP contribution in [0.2, 0.25) is 0 Å². The molecule has 24 heavy (non-hydrogen) atoms. The van der Waals surface area contributed by atoms with Gasteiger partial charge in [0.05, 0.1) is 17.9 Å². The molecule has 2 aromatic rings. The molecule has 0 aromatic carbocycles. The first-order valence-electron chi connectivity index (χ1n) is 8.21. The summed E-state index contributed by atoms with van der Waals surface area (Å²) < 4.78 is 7.50. The standard InChI is InChI=1S/C17H28N6O/c1-10(8-15-12(3)22-23(7)13(15)4)20-17(18-6)19-9-16-21-11(2)14(5)24-16/h10H,8-9H2,1-7H3,(H2,18,19,20). The molecule has 0 spiro atoms. The number of aryl methyl sites for hydroxylation is 4. The topological polar surface area (TPSA) is 80.3 Å². The number of oxazole rings is 1. The van der Waals surface area contributed by atoms with Gasteiger partial charge in [-0.2, -0.15) is 5.10 Å². The van der Waals surface area contributed by atoms with Gasteiger partial charge in [0.1, 0.15) is 5.76 Å². The van der Waals surface area contributed by atoms with E-state index in [1.54, 1.807) is 7.05 Å². The Balaban J connectivity index is 1.92. The number of nitrogens with one attached hydrogen (secondary N) is 2. The van der Waals surface area contributed by atoms with Crippen molar-refractivity contribution in [2.45, 2.75) is 53.6 Å². The Hall–Kier alpha value is -2.31. The van der Waals surface area contributed by atoms with Crippen molar-refractivity contribution in [3.8, 4) is 0 Å². The summed E-state index contributed by atoms with van der Waals surface area (Å²) in [6, 6.07) is 0.228. The van der Waals surface area contributed by atoms with Gasteiger partial charge in [0.25, 0.3) is 0 Å². The van der Waals surface area contributed by atoms with Gasteiger partial charge >= 0.3 is 0 Å². The number of guanidine groups is 1. The first kappa shape index (κ1) is 18.0. The van der Waals surface area contributed by atoms with Gasteiger partial charge in [-0.05, 0) is 46.6 Å². The molecule has 0 radical (unpaired) electrons. The van der Waals surface area contributed by atoms with E-state index in [9.17, 15) is 0 Å². The van der Waals surface area contributed by atoms with E-state index in [0.717, 1.165) is 29.5 Å². The van der Waals surface area contributed by atoms with Crippen LogP contribution in [0.5, 0.6) is 0 Å². The lowest BCUT2D eigenvalue weighted by Gasteiger charge is -2.17. The maximum absolute atomic E-state index is 5.58. The molecule has 2 heterocycles. The molecule has 7 heteroatoms. The van der Waals surface area contributed by atoms with Crippen LogP contribution in [0.15, 0.2) is 9.41 Å². The predicted octanol–water partition coefficient (Wildman–Crippen LogP) is 1.94. The van der Waals surface area contributed by atoms with Crippen LogP contribution >= 0.6 is 0 Å². The van der Waals surface area contributed by atoms with E-state index in [0.29, 0.717) is 12.4 Å². The molecule has 0 aliphatic rings. The van der Waals surface area contributed by atoms with Crippen molar-refractivity contribution in [1.29, 1.82) is 0 Å². The second-order valence-corrected chi connectivity index (χ2v) is 6.20. The molecule has 0 aliphatic heterocycles. The summed E-state index contributed by atoms with van der Waals surface area (Å²) in [5, 5.41) is 11.1. The second kappa shape index (κ2) is 7.51. The Morgan fingerprint density at radius 2 is 1.96 bits per heavy atom. The number of aliphatic imine (C=N–C) groups is 1. The summed E-state index contributed by atoms with van der Waals surface area (Å²) >= 11 is 0. The van der Waals surface area contributed by atoms with Gasteiger partial charge in [-0.3, -0.25) is 9.67 Å². The monoisotopic (exact) mass is 332 g/mol. The zero-order chi connectivity index (χ0) is 17.9. The van der Waals surface area contributed by atoms with E-state index >= 15 is 0 Å². The van der Waals surface area contributed by atoms with Gasteiger partial charge in [0.2, 0.25) is 5.89 Å². The molecule has 0 saturated carbocycles. The van der Waals surface area contributed by atoms with Gasteiger partial charge in [-0.1, -0.05) is 0 Å². The minimum atomic E-state index is 0.228. The summed E-state index contributed by atoms with van der Waals surface area (Å²) in [4.78, 5) is 8.63. The largest absolute Gasteiger partial charge is 0.444 e. The number of hydrogen-bond donors (Lipinski definition) is 2. The van der Waals surface area contributed by atoms with Crippen LogP contribution in [0.4, 0.5) is 0 Å². The van der Waals surface area contributed by atoms with Crippen LogP contribution < -0.4 is 10.6 Å². The molecule has 0 saturated heterocycles. The summed E-state index contributed by atoms with van der Waals surface area (Å²) in [7, 11) is 3.74. The Kier molecular flexibility index (Phi) is 5.64. The van der Waals surface area contributed by atoms with E-state index in [-0.39, 0.29) is 6.04 Å². The Bertz CT molecular complexity index is 708. The third-order valence-electron chi connectivity index (χ3n) is 4.26. The fourth-order valence-corrected chi connectivity index (χ4v) is 2.67. The molecule has 0 aliphatic carbocycles. The van der Waals surface area contributed by atoms with E-state index in [2.05, 4.69) is 46.5 Å². The third kappa shape index (κ3) is 4.15. The van der Waals surface area contributed by atoms with Crippen molar-refractivity contribution < 1.29 is 4.42 Å². The molecule has 0 bridgehead atoms. The van der Waals surface area contributed by atoms with Gasteiger partial charge < -0.3 is 15.1 Å². The highest BCUT2D eigenvalue weighted by Gasteiger charge is 2.14. The average Bonchev–Trinajstić information content (AvgIpc) is 2.97. The van der Waals surface area contributed by atoms with Gasteiger partial charge in [0.15, 0.2) is 5.96 Å². The Morgan fingerprint density at radius 1 is 1.25 bits per heavy atom. The van der Waals surface area contributed by atoms with Crippen LogP contribution in [-0.4, -0.2) is 33.8 Å².